The number of fused-ring (bicyclic) bond motifs is 3. The van der Waals surface area contributed by atoms with Crippen LogP contribution in [0.2, 0.25) is 0 Å². The summed E-state index contributed by atoms with van der Waals surface area (Å²) in [7, 11) is 1.61. The van der Waals surface area contributed by atoms with E-state index in [-0.39, 0.29) is 5.78 Å². The van der Waals surface area contributed by atoms with Crippen molar-refractivity contribution in [2.45, 2.75) is 0 Å². The maximum Gasteiger partial charge on any atom is 0.209 e. The van der Waals surface area contributed by atoms with Crippen molar-refractivity contribution in [3.8, 4) is 5.75 Å². The van der Waals surface area contributed by atoms with E-state index in [0.29, 0.717) is 11.3 Å². The van der Waals surface area contributed by atoms with E-state index in [2.05, 4.69) is 4.98 Å². The molecule has 0 N–H and O–H groups in total. The van der Waals surface area contributed by atoms with Crippen LogP contribution in [0.25, 0.3) is 16.4 Å². The molecule has 0 aliphatic rings. The molecule has 0 saturated carbocycles. The molecular formula is C19H14N2O2. The largest absolute Gasteiger partial charge is 0.497 e. The molecule has 2 heterocycles. The van der Waals surface area contributed by atoms with Crippen LogP contribution in [0.15, 0.2) is 67.0 Å². The second-order valence-electron chi connectivity index (χ2n) is 5.30. The van der Waals surface area contributed by atoms with Gasteiger partial charge in [-0.1, -0.05) is 24.3 Å². The Bertz CT molecular complexity index is 1020. The minimum absolute atomic E-state index is 0.0404. The van der Waals surface area contributed by atoms with Gasteiger partial charge in [0, 0.05) is 23.3 Å². The van der Waals surface area contributed by atoms with Crippen LogP contribution in [0.4, 0.5) is 0 Å². The first-order chi connectivity index (χ1) is 11.3. The van der Waals surface area contributed by atoms with Crippen LogP contribution in [-0.2, 0) is 0 Å². The molecule has 4 nitrogen and oxygen atoms in total. The van der Waals surface area contributed by atoms with Crippen LogP contribution in [0.1, 0.15) is 16.1 Å². The molecule has 2 aromatic carbocycles. The Kier molecular flexibility index (Phi) is 3.08. The molecule has 0 aliphatic heterocycles. The quantitative estimate of drug-likeness (QED) is 0.542. The van der Waals surface area contributed by atoms with Crippen LogP contribution in [0.3, 0.4) is 0 Å². The number of nitrogens with zero attached hydrogens (tertiary/aromatic N) is 2. The van der Waals surface area contributed by atoms with Gasteiger partial charge in [-0.25, -0.2) is 4.98 Å². The number of hydrogen-bond donors (Lipinski definition) is 0. The Morgan fingerprint density at radius 3 is 2.65 bits per heavy atom. The Hall–Kier alpha value is -3.14. The lowest BCUT2D eigenvalue weighted by atomic mass is 10.0. The number of benzene rings is 2. The minimum Gasteiger partial charge on any atom is -0.497 e. The van der Waals surface area contributed by atoms with Gasteiger partial charge in [0.05, 0.1) is 12.8 Å². The first kappa shape index (κ1) is 13.5. The first-order valence-electron chi connectivity index (χ1n) is 7.31. The van der Waals surface area contributed by atoms with Crippen molar-refractivity contribution in [3.05, 3.63) is 78.2 Å². The number of imidazole rings is 1. The second-order valence-corrected chi connectivity index (χ2v) is 5.30. The average Bonchev–Trinajstić information content (AvgIpc) is 3.10. The second kappa shape index (κ2) is 5.25. The summed E-state index contributed by atoms with van der Waals surface area (Å²) in [6.45, 7) is 0. The van der Waals surface area contributed by atoms with Gasteiger partial charge in [0.15, 0.2) is 0 Å². The molecule has 112 valence electrons. The number of hydrogen-bond acceptors (Lipinski definition) is 3. The molecule has 0 bridgehead atoms. The Morgan fingerprint density at radius 1 is 1.09 bits per heavy atom. The number of ether oxygens (including phenoxy) is 1. The average molecular weight is 302 g/mol. The number of ketones is 1. The van der Waals surface area contributed by atoms with E-state index in [1.165, 1.54) is 0 Å². The van der Waals surface area contributed by atoms with Gasteiger partial charge in [0.2, 0.25) is 5.78 Å². The standard InChI is InChI=1S/C19H14N2O2/c1-23-15-8-6-13(7-9-15)18(22)17-12-14-4-2-3-5-16(14)19-20-10-11-21(17)19/h2-12H,1H3. The minimum atomic E-state index is -0.0404. The molecule has 0 radical (unpaired) electrons. The van der Waals surface area contributed by atoms with E-state index in [9.17, 15) is 4.79 Å². The van der Waals surface area contributed by atoms with E-state index < -0.39 is 0 Å². The summed E-state index contributed by atoms with van der Waals surface area (Å²) in [4.78, 5) is 17.3. The fourth-order valence-electron chi connectivity index (χ4n) is 2.81. The zero-order valence-corrected chi connectivity index (χ0v) is 12.6. The van der Waals surface area contributed by atoms with Crippen LogP contribution in [-0.4, -0.2) is 22.3 Å². The monoisotopic (exact) mass is 302 g/mol. The molecular weight excluding hydrogens is 288 g/mol. The van der Waals surface area contributed by atoms with Gasteiger partial charge in [0.25, 0.3) is 0 Å². The van der Waals surface area contributed by atoms with Crippen molar-refractivity contribution >= 4 is 22.2 Å². The summed E-state index contributed by atoms with van der Waals surface area (Å²) in [6.07, 6.45) is 3.53. The van der Waals surface area contributed by atoms with Crippen LogP contribution in [0, 0.1) is 0 Å². The fraction of sp³-hybridized carbons (Fsp3) is 0.0526. The summed E-state index contributed by atoms with van der Waals surface area (Å²) in [5.41, 5.74) is 2.01. The van der Waals surface area contributed by atoms with Crippen LogP contribution >= 0.6 is 0 Å². The van der Waals surface area contributed by atoms with Crippen molar-refractivity contribution in [3.63, 3.8) is 0 Å². The third-order valence-electron chi connectivity index (χ3n) is 3.98. The molecule has 4 rings (SSSR count). The lowest BCUT2D eigenvalue weighted by Crippen LogP contribution is -2.07. The highest BCUT2D eigenvalue weighted by Gasteiger charge is 2.15. The molecule has 23 heavy (non-hydrogen) atoms. The number of methoxy groups -OCH3 is 1. The Labute approximate surface area is 133 Å². The lowest BCUT2D eigenvalue weighted by Gasteiger charge is -2.08. The maximum absolute atomic E-state index is 12.9. The van der Waals surface area contributed by atoms with Gasteiger partial charge >= 0.3 is 0 Å². The van der Waals surface area contributed by atoms with Crippen molar-refractivity contribution in [1.29, 1.82) is 0 Å². The zero-order valence-electron chi connectivity index (χ0n) is 12.6. The highest BCUT2D eigenvalue weighted by Crippen LogP contribution is 2.23. The predicted octanol–water partition coefficient (Wildman–Crippen LogP) is 3.73. The summed E-state index contributed by atoms with van der Waals surface area (Å²) in [6, 6.07) is 17.0. The van der Waals surface area contributed by atoms with Gasteiger partial charge in [-0.05, 0) is 35.7 Å². The van der Waals surface area contributed by atoms with Crippen molar-refractivity contribution in [2.24, 2.45) is 0 Å². The van der Waals surface area contributed by atoms with Gasteiger partial charge in [-0.3, -0.25) is 9.20 Å². The van der Waals surface area contributed by atoms with E-state index in [0.717, 1.165) is 22.2 Å². The topological polar surface area (TPSA) is 43.6 Å². The van der Waals surface area contributed by atoms with Crippen LogP contribution in [0.5, 0.6) is 5.75 Å². The molecule has 0 saturated heterocycles. The normalized spacial score (nSPS) is 11.0. The molecule has 0 aliphatic carbocycles. The summed E-state index contributed by atoms with van der Waals surface area (Å²) < 4.78 is 6.99. The van der Waals surface area contributed by atoms with E-state index >= 15 is 0 Å². The number of aromatic nitrogens is 2. The number of carbonyl (C=O) groups is 1. The molecule has 4 aromatic rings. The molecule has 2 aromatic heterocycles. The molecule has 0 fully saturated rings. The Balaban J connectivity index is 1.92. The number of rotatable bonds is 3. The number of pyridine rings is 1. The van der Waals surface area contributed by atoms with Crippen LogP contribution < -0.4 is 4.74 Å². The maximum atomic E-state index is 12.9. The molecule has 0 spiro atoms. The third kappa shape index (κ3) is 2.16. The van der Waals surface area contributed by atoms with Gasteiger partial charge < -0.3 is 4.74 Å². The number of carbonyl (C=O) groups excluding carboxylic acids is 1. The first-order valence-corrected chi connectivity index (χ1v) is 7.31. The SMILES string of the molecule is COc1ccc(C(=O)c2cc3ccccc3c3nccn23)cc1. The summed E-state index contributed by atoms with van der Waals surface area (Å²) >= 11 is 0. The highest BCUT2D eigenvalue weighted by molar-refractivity contribution is 6.11. The van der Waals surface area contributed by atoms with Crippen molar-refractivity contribution in [2.75, 3.05) is 7.11 Å². The van der Waals surface area contributed by atoms with Crippen molar-refractivity contribution in [1.82, 2.24) is 9.38 Å². The van der Waals surface area contributed by atoms with E-state index in [1.807, 2.05) is 40.9 Å². The van der Waals surface area contributed by atoms with Crippen molar-refractivity contribution < 1.29 is 9.53 Å². The van der Waals surface area contributed by atoms with E-state index in [4.69, 9.17) is 4.74 Å². The third-order valence-corrected chi connectivity index (χ3v) is 3.98. The van der Waals surface area contributed by atoms with Gasteiger partial charge in [-0.15, -0.1) is 0 Å². The Morgan fingerprint density at radius 2 is 1.87 bits per heavy atom. The van der Waals surface area contributed by atoms with Gasteiger partial charge in [0.1, 0.15) is 11.4 Å². The highest BCUT2D eigenvalue weighted by atomic mass is 16.5. The van der Waals surface area contributed by atoms with Gasteiger partial charge in [-0.2, -0.15) is 0 Å². The molecule has 0 atom stereocenters. The molecule has 0 amide bonds. The lowest BCUT2D eigenvalue weighted by molar-refractivity contribution is 0.103. The molecule has 0 unspecified atom stereocenters. The molecule has 4 heteroatoms. The summed E-state index contributed by atoms with van der Waals surface area (Å²) in [5.74, 6) is 0.689. The zero-order chi connectivity index (χ0) is 15.8. The predicted molar refractivity (Wildman–Crippen MR) is 89.1 cm³/mol. The summed E-state index contributed by atoms with van der Waals surface area (Å²) in [5, 5.41) is 2.03. The smallest absolute Gasteiger partial charge is 0.209 e. The fourth-order valence-corrected chi connectivity index (χ4v) is 2.81. The van der Waals surface area contributed by atoms with E-state index in [1.54, 1.807) is 37.6 Å².